The van der Waals surface area contributed by atoms with Gasteiger partial charge in [0.1, 0.15) is 0 Å². The van der Waals surface area contributed by atoms with E-state index in [-0.39, 0.29) is 5.04 Å². The summed E-state index contributed by atoms with van der Waals surface area (Å²) >= 11 is 0. The van der Waals surface area contributed by atoms with Crippen molar-refractivity contribution in [3.05, 3.63) is 60.7 Å². The lowest BCUT2D eigenvalue weighted by atomic mass is 10.1. The normalized spacial score (nSPS) is 24.4. The van der Waals surface area contributed by atoms with Gasteiger partial charge in [-0.05, 0) is 40.1 Å². The quantitative estimate of drug-likeness (QED) is 0.704. The van der Waals surface area contributed by atoms with Crippen molar-refractivity contribution in [3.63, 3.8) is 0 Å². The summed E-state index contributed by atoms with van der Waals surface area (Å²) in [6, 6.07) is 22.0. The number of rotatable bonds is 4. The largest absolute Gasteiger partial charge is 0.404 e. The number of hydrogen-bond acceptors (Lipinski definition) is 1. The first-order chi connectivity index (χ1) is 11.8. The van der Waals surface area contributed by atoms with Gasteiger partial charge >= 0.3 is 0 Å². The van der Waals surface area contributed by atoms with Crippen molar-refractivity contribution in [1.29, 1.82) is 0 Å². The Labute approximate surface area is 154 Å². The molecule has 0 saturated heterocycles. The number of benzene rings is 2. The Morgan fingerprint density at radius 2 is 1.28 bits per heavy atom. The van der Waals surface area contributed by atoms with E-state index >= 15 is 0 Å². The van der Waals surface area contributed by atoms with Gasteiger partial charge < -0.3 is 4.43 Å². The molecule has 0 aliphatic heterocycles. The van der Waals surface area contributed by atoms with Gasteiger partial charge in [0.15, 0.2) is 0 Å². The minimum Gasteiger partial charge on any atom is -0.404 e. The molecule has 1 nitrogen and oxygen atoms in total. The third-order valence-corrected chi connectivity index (χ3v) is 10.8. The van der Waals surface area contributed by atoms with E-state index in [9.17, 15) is 0 Å². The van der Waals surface area contributed by atoms with E-state index in [1.807, 2.05) is 0 Å². The Bertz CT molecular complexity index is 635. The molecular weight excluding hydrogens is 320 g/mol. The SMILES string of the molecule is CC1C[C@@H](C)[C@H](O[Si](c2ccccc2)(c2ccccc2)C(C)(C)C)C1. The van der Waals surface area contributed by atoms with Crippen molar-refractivity contribution in [3.8, 4) is 0 Å². The average Bonchev–Trinajstić information content (AvgIpc) is 2.90. The molecule has 1 fully saturated rings. The van der Waals surface area contributed by atoms with Crippen LogP contribution in [0.25, 0.3) is 0 Å². The van der Waals surface area contributed by atoms with Crippen LogP contribution in [0.2, 0.25) is 5.04 Å². The fraction of sp³-hybridized carbons (Fsp3) is 0.478. The summed E-state index contributed by atoms with van der Waals surface area (Å²) in [5.74, 6) is 1.40. The van der Waals surface area contributed by atoms with E-state index < -0.39 is 8.32 Å². The third-order valence-electron chi connectivity index (χ3n) is 5.79. The van der Waals surface area contributed by atoms with Gasteiger partial charge in [-0.3, -0.25) is 0 Å². The molecule has 0 N–H and O–H groups in total. The Morgan fingerprint density at radius 3 is 1.64 bits per heavy atom. The highest BCUT2D eigenvalue weighted by atomic mass is 28.4. The zero-order chi connectivity index (χ0) is 18.1. The molecule has 0 bridgehead atoms. The van der Waals surface area contributed by atoms with E-state index in [4.69, 9.17) is 4.43 Å². The van der Waals surface area contributed by atoms with E-state index in [1.54, 1.807) is 0 Å². The Kier molecular flexibility index (Phi) is 5.22. The zero-order valence-electron chi connectivity index (χ0n) is 16.3. The molecule has 0 aromatic heterocycles. The highest BCUT2D eigenvalue weighted by Crippen LogP contribution is 2.42. The zero-order valence-corrected chi connectivity index (χ0v) is 17.3. The van der Waals surface area contributed by atoms with Crippen LogP contribution in [0, 0.1) is 11.8 Å². The Morgan fingerprint density at radius 1 is 0.800 bits per heavy atom. The van der Waals surface area contributed by atoms with Crippen LogP contribution in [0.4, 0.5) is 0 Å². The lowest BCUT2D eigenvalue weighted by molar-refractivity contribution is 0.153. The fourth-order valence-corrected chi connectivity index (χ4v) is 9.39. The van der Waals surface area contributed by atoms with Crippen LogP contribution in [-0.2, 0) is 4.43 Å². The van der Waals surface area contributed by atoms with Crippen molar-refractivity contribution >= 4 is 18.7 Å². The first-order valence-corrected chi connectivity index (χ1v) is 11.5. The third kappa shape index (κ3) is 3.47. The van der Waals surface area contributed by atoms with E-state index in [0.717, 1.165) is 5.92 Å². The van der Waals surface area contributed by atoms with Crippen molar-refractivity contribution in [1.82, 2.24) is 0 Å². The summed E-state index contributed by atoms with van der Waals surface area (Å²) in [5, 5.41) is 2.85. The monoisotopic (exact) mass is 352 g/mol. The van der Waals surface area contributed by atoms with Gasteiger partial charge in [-0.25, -0.2) is 0 Å². The molecule has 1 unspecified atom stereocenters. The second kappa shape index (κ2) is 7.09. The standard InChI is InChI=1S/C23H32OSi/c1-18-16-19(2)22(17-18)24-25(23(3,4)5,20-12-8-6-9-13-20)21-14-10-7-11-15-21/h6-15,18-19,22H,16-17H2,1-5H3/t18?,19-,22-/m1/s1. The molecule has 0 spiro atoms. The van der Waals surface area contributed by atoms with Crippen molar-refractivity contribution in [2.75, 3.05) is 0 Å². The van der Waals surface area contributed by atoms with Crippen LogP contribution in [0.1, 0.15) is 47.5 Å². The highest BCUT2D eigenvalue weighted by molar-refractivity contribution is 6.99. The van der Waals surface area contributed by atoms with Gasteiger partial charge in [-0.15, -0.1) is 0 Å². The van der Waals surface area contributed by atoms with Crippen molar-refractivity contribution in [2.24, 2.45) is 11.8 Å². The topological polar surface area (TPSA) is 9.23 Å². The molecule has 2 aromatic rings. The highest BCUT2D eigenvalue weighted by Gasteiger charge is 2.52. The molecule has 1 saturated carbocycles. The van der Waals surface area contributed by atoms with Crippen LogP contribution in [0.15, 0.2) is 60.7 Å². The summed E-state index contributed by atoms with van der Waals surface area (Å²) in [4.78, 5) is 0. The van der Waals surface area contributed by atoms with Crippen LogP contribution in [0.5, 0.6) is 0 Å². The van der Waals surface area contributed by atoms with Crippen LogP contribution in [-0.4, -0.2) is 14.4 Å². The lowest BCUT2D eigenvalue weighted by Crippen LogP contribution is -2.67. The van der Waals surface area contributed by atoms with Crippen LogP contribution < -0.4 is 10.4 Å². The molecule has 0 radical (unpaired) electrons. The fourth-order valence-electron chi connectivity index (χ4n) is 4.59. The van der Waals surface area contributed by atoms with E-state index in [1.165, 1.54) is 23.2 Å². The molecular formula is C23H32OSi. The number of hydrogen-bond donors (Lipinski definition) is 0. The lowest BCUT2D eigenvalue weighted by Gasteiger charge is -2.45. The second-order valence-corrected chi connectivity index (χ2v) is 13.1. The van der Waals surface area contributed by atoms with Gasteiger partial charge in [0, 0.05) is 6.10 Å². The maximum absolute atomic E-state index is 7.26. The molecule has 0 amide bonds. The Balaban J connectivity index is 2.16. The average molecular weight is 353 g/mol. The van der Waals surface area contributed by atoms with E-state index in [0.29, 0.717) is 12.0 Å². The summed E-state index contributed by atoms with van der Waals surface area (Å²) in [5.41, 5.74) is 0. The molecule has 0 heterocycles. The maximum atomic E-state index is 7.26. The van der Waals surface area contributed by atoms with Crippen LogP contribution in [0.3, 0.4) is 0 Å². The molecule has 2 heteroatoms. The molecule has 3 rings (SSSR count). The molecule has 25 heavy (non-hydrogen) atoms. The van der Waals surface area contributed by atoms with Gasteiger partial charge in [0.2, 0.25) is 0 Å². The molecule has 3 atom stereocenters. The first kappa shape index (κ1) is 18.4. The van der Waals surface area contributed by atoms with Gasteiger partial charge in [0.05, 0.1) is 0 Å². The maximum Gasteiger partial charge on any atom is 0.261 e. The smallest absolute Gasteiger partial charge is 0.261 e. The minimum absolute atomic E-state index is 0.0707. The predicted octanol–water partition coefficient (Wildman–Crippen LogP) is 5.00. The van der Waals surface area contributed by atoms with E-state index in [2.05, 4.69) is 95.3 Å². The molecule has 134 valence electrons. The molecule has 1 aliphatic rings. The Hall–Kier alpha value is -1.38. The second-order valence-electron chi connectivity index (χ2n) is 8.87. The summed E-state index contributed by atoms with van der Waals surface area (Å²) in [6.07, 6.45) is 2.83. The molecule has 1 aliphatic carbocycles. The van der Waals surface area contributed by atoms with Gasteiger partial charge in [-0.1, -0.05) is 95.3 Å². The van der Waals surface area contributed by atoms with Gasteiger partial charge in [-0.2, -0.15) is 0 Å². The van der Waals surface area contributed by atoms with Gasteiger partial charge in [0.25, 0.3) is 8.32 Å². The predicted molar refractivity (Wildman–Crippen MR) is 110 cm³/mol. The molecule has 2 aromatic carbocycles. The first-order valence-electron chi connectivity index (χ1n) is 9.63. The summed E-state index contributed by atoms with van der Waals surface area (Å²) in [7, 11) is -2.39. The van der Waals surface area contributed by atoms with Crippen LogP contribution >= 0.6 is 0 Å². The summed E-state index contributed by atoms with van der Waals surface area (Å²) in [6.45, 7) is 11.8. The van der Waals surface area contributed by atoms with Crippen molar-refractivity contribution < 1.29 is 4.43 Å². The van der Waals surface area contributed by atoms with Crippen molar-refractivity contribution in [2.45, 2.75) is 58.6 Å². The summed E-state index contributed by atoms with van der Waals surface area (Å²) < 4.78 is 7.26. The minimum atomic E-state index is -2.39.